The van der Waals surface area contributed by atoms with E-state index in [0.717, 1.165) is 16.6 Å². The van der Waals surface area contributed by atoms with Gasteiger partial charge in [-0.1, -0.05) is 42.5 Å². The monoisotopic (exact) mass is 323 g/mol. The second-order valence-corrected chi connectivity index (χ2v) is 5.56. The van der Waals surface area contributed by atoms with Crippen molar-refractivity contribution >= 4 is 28.2 Å². The van der Waals surface area contributed by atoms with E-state index in [4.69, 9.17) is 11.6 Å². The van der Waals surface area contributed by atoms with E-state index in [1.165, 1.54) is 0 Å². The van der Waals surface area contributed by atoms with Gasteiger partial charge in [-0.25, -0.2) is 4.98 Å². The van der Waals surface area contributed by atoms with Gasteiger partial charge in [0.2, 0.25) is 0 Å². The fraction of sp³-hybridized carbons (Fsp3) is 0.111. The second-order valence-electron chi connectivity index (χ2n) is 5.13. The first-order valence-corrected chi connectivity index (χ1v) is 7.51. The number of aryl methyl sites for hydroxylation is 1. The van der Waals surface area contributed by atoms with E-state index >= 15 is 0 Å². The van der Waals surface area contributed by atoms with Crippen molar-refractivity contribution in [2.75, 3.05) is 0 Å². The highest BCUT2D eigenvalue weighted by molar-refractivity contribution is 6.23. The number of rotatable bonds is 3. The molecule has 0 aliphatic heterocycles. The van der Waals surface area contributed by atoms with Gasteiger partial charge >= 0.3 is 0 Å². The molecule has 0 amide bonds. The van der Waals surface area contributed by atoms with Gasteiger partial charge in [-0.3, -0.25) is 0 Å². The molecule has 3 aromatic rings. The SMILES string of the molecule is Cn1c(C(C#N)=C(O)[C@@H](Cl)c2ccccc2)nc2ccccc21. The van der Waals surface area contributed by atoms with E-state index in [0.29, 0.717) is 5.82 Å². The molecule has 0 spiro atoms. The molecule has 0 bridgehead atoms. The molecule has 5 heteroatoms. The zero-order chi connectivity index (χ0) is 16.4. The summed E-state index contributed by atoms with van der Waals surface area (Å²) in [6.07, 6.45) is 0. The maximum Gasteiger partial charge on any atom is 0.155 e. The number of benzene rings is 2. The van der Waals surface area contributed by atoms with Gasteiger partial charge in [0.15, 0.2) is 5.82 Å². The number of fused-ring (bicyclic) bond motifs is 1. The van der Waals surface area contributed by atoms with Crippen molar-refractivity contribution in [1.29, 1.82) is 5.26 Å². The average Bonchev–Trinajstić information content (AvgIpc) is 2.93. The molecule has 0 unspecified atom stereocenters. The standard InChI is InChI=1S/C18H14ClN3O/c1-22-15-10-6-5-9-14(15)21-18(22)13(11-20)17(23)16(19)12-7-3-2-4-8-12/h2-10,16,23H,1H3/t16-/m0/s1. The Balaban J connectivity index is 2.14. The topological polar surface area (TPSA) is 61.8 Å². The maximum atomic E-state index is 10.5. The van der Waals surface area contributed by atoms with Crippen LogP contribution in [0.1, 0.15) is 16.8 Å². The Kier molecular flexibility index (Phi) is 4.05. The molecule has 1 N–H and O–H groups in total. The number of nitriles is 1. The van der Waals surface area contributed by atoms with Crippen LogP contribution in [0.5, 0.6) is 0 Å². The Bertz CT molecular complexity index is 922. The summed E-state index contributed by atoms with van der Waals surface area (Å²) in [5.41, 5.74) is 2.44. The van der Waals surface area contributed by atoms with E-state index < -0.39 is 5.38 Å². The molecule has 114 valence electrons. The highest BCUT2D eigenvalue weighted by Crippen LogP contribution is 2.32. The van der Waals surface area contributed by atoms with Gasteiger partial charge < -0.3 is 9.67 Å². The van der Waals surface area contributed by atoms with Gasteiger partial charge in [-0.05, 0) is 17.7 Å². The number of aliphatic hydroxyl groups is 1. The molecule has 0 aliphatic carbocycles. The first-order valence-electron chi connectivity index (χ1n) is 7.07. The molecule has 1 atom stereocenters. The van der Waals surface area contributed by atoms with Crippen LogP contribution in [0, 0.1) is 11.3 Å². The lowest BCUT2D eigenvalue weighted by Gasteiger charge is -2.11. The van der Waals surface area contributed by atoms with Crippen molar-refractivity contribution < 1.29 is 5.11 Å². The zero-order valence-electron chi connectivity index (χ0n) is 12.4. The third-order valence-corrected chi connectivity index (χ3v) is 4.17. The number of para-hydroxylation sites is 2. The summed E-state index contributed by atoms with van der Waals surface area (Å²) in [5.74, 6) is 0.201. The normalized spacial score (nSPS) is 13.4. The highest BCUT2D eigenvalue weighted by atomic mass is 35.5. The van der Waals surface area contributed by atoms with Crippen LogP contribution in [0.25, 0.3) is 16.6 Å². The van der Waals surface area contributed by atoms with Crippen molar-refractivity contribution in [3.8, 4) is 6.07 Å². The van der Waals surface area contributed by atoms with Crippen molar-refractivity contribution in [3.05, 3.63) is 71.7 Å². The van der Waals surface area contributed by atoms with Crippen LogP contribution in [0.4, 0.5) is 0 Å². The lowest BCUT2D eigenvalue weighted by atomic mass is 10.1. The quantitative estimate of drug-likeness (QED) is 0.443. The second kappa shape index (κ2) is 6.15. The third kappa shape index (κ3) is 2.67. The third-order valence-electron chi connectivity index (χ3n) is 3.71. The summed E-state index contributed by atoms with van der Waals surface area (Å²) in [4.78, 5) is 4.44. The van der Waals surface area contributed by atoms with Crippen LogP contribution in [0.3, 0.4) is 0 Å². The number of halogens is 1. The van der Waals surface area contributed by atoms with E-state index in [9.17, 15) is 10.4 Å². The summed E-state index contributed by atoms with van der Waals surface area (Å²) < 4.78 is 1.78. The predicted molar refractivity (Wildman–Crippen MR) is 90.9 cm³/mol. The van der Waals surface area contributed by atoms with Crippen molar-refractivity contribution in [2.45, 2.75) is 5.38 Å². The van der Waals surface area contributed by atoms with Crippen LogP contribution in [0.15, 0.2) is 60.4 Å². The molecule has 23 heavy (non-hydrogen) atoms. The largest absolute Gasteiger partial charge is 0.509 e. The van der Waals surface area contributed by atoms with Crippen LogP contribution < -0.4 is 0 Å². The number of allylic oxidation sites excluding steroid dienone is 2. The molecular weight excluding hydrogens is 310 g/mol. The fourth-order valence-corrected chi connectivity index (χ4v) is 2.75. The lowest BCUT2D eigenvalue weighted by Crippen LogP contribution is -2.03. The number of hydrogen-bond donors (Lipinski definition) is 1. The lowest BCUT2D eigenvalue weighted by molar-refractivity contribution is 0.397. The minimum absolute atomic E-state index is 0.0764. The molecular formula is C18H14ClN3O. The van der Waals surface area contributed by atoms with Gasteiger partial charge in [-0.15, -0.1) is 11.6 Å². The first kappa shape index (κ1) is 15.1. The molecule has 2 aromatic carbocycles. The number of nitrogens with zero attached hydrogens (tertiary/aromatic N) is 3. The molecule has 0 fully saturated rings. The van der Waals surface area contributed by atoms with Gasteiger partial charge in [0, 0.05) is 7.05 Å². The van der Waals surface area contributed by atoms with Crippen LogP contribution in [-0.2, 0) is 7.05 Å². The molecule has 1 heterocycles. The molecule has 0 saturated heterocycles. The maximum absolute atomic E-state index is 10.5. The van der Waals surface area contributed by atoms with Crippen molar-refractivity contribution in [3.63, 3.8) is 0 Å². The average molecular weight is 324 g/mol. The molecule has 0 radical (unpaired) electrons. The summed E-state index contributed by atoms with van der Waals surface area (Å²) in [6, 6.07) is 18.7. The van der Waals surface area contributed by atoms with Crippen LogP contribution in [0.2, 0.25) is 0 Å². The van der Waals surface area contributed by atoms with E-state index in [1.54, 1.807) is 23.7 Å². The number of hydrogen-bond acceptors (Lipinski definition) is 3. The van der Waals surface area contributed by atoms with Gasteiger partial charge in [0.25, 0.3) is 0 Å². The Morgan fingerprint density at radius 1 is 1.17 bits per heavy atom. The minimum Gasteiger partial charge on any atom is -0.509 e. The number of alkyl halides is 1. The van der Waals surface area contributed by atoms with Crippen molar-refractivity contribution in [2.24, 2.45) is 7.05 Å². The van der Waals surface area contributed by atoms with Crippen LogP contribution in [-0.4, -0.2) is 14.7 Å². The van der Waals surface area contributed by atoms with Gasteiger partial charge in [0.05, 0.1) is 11.0 Å². The Labute approximate surface area is 138 Å². The highest BCUT2D eigenvalue weighted by Gasteiger charge is 2.22. The molecule has 0 saturated carbocycles. The van der Waals surface area contributed by atoms with Crippen LogP contribution >= 0.6 is 11.6 Å². The summed E-state index contributed by atoms with van der Waals surface area (Å²) >= 11 is 6.34. The molecule has 3 rings (SSSR count). The van der Waals surface area contributed by atoms with Crippen molar-refractivity contribution in [1.82, 2.24) is 9.55 Å². The Morgan fingerprint density at radius 2 is 1.83 bits per heavy atom. The predicted octanol–water partition coefficient (Wildman–Crippen LogP) is 4.35. The first-order chi connectivity index (χ1) is 11.1. The summed E-state index contributed by atoms with van der Waals surface area (Å²) in [7, 11) is 1.81. The molecule has 4 nitrogen and oxygen atoms in total. The van der Waals surface area contributed by atoms with E-state index in [1.807, 2.05) is 48.5 Å². The smallest absolute Gasteiger partial charge is 0.155 e. The summed E-state index contributed by atoms with van der Waals surface area (Å²) in [6.45, 7) is 0. The number of aliphatic hydroxyl groups excluding tert-OH is 1. The number of imidazole rings is 1. The number of aromatic nitrogens is 2. The summed E-state index contributed by atoms with van der Waals surface area (Å²) in [5, 5.41) is 19.2. The fourth-order valence-electron chi connectivity index (χ4n) is 2.50. The Hall–Kier alpha value is -2.77. The van der Waals surface area contributed by atoms with Gasteiger partial charge in [0.1, 0.15) is 22.8 Å². The van der Waals surface area contributed by atoms with E-state index in [-0.39, 0.29) is 11.3 Å². The molecule has 0 aliphatic rings. The van der Waals surface area contributed by atoms with E-state index in [2.05, 4.69) is 4.98 Å². The minimum atomic E-state index is -0.800. The zero-order valence-corrected chi connectivity index (χ0v) is 13.2. The van der Waals surface area contributed by atoms with Gasteiger partial charge in [-0.2, -0.15) is 5.26 Å². The molecule has 1 aromatic heterocycles. The Morgan fingerprint density at radius 3 is 2.48 bits per heavy atom.